The summed E-state index contributed by atoms with van der Waals surface area (Å²) in [5.74, 6) is 0.00497. The van der Waals surface area contributed by atoms with Crippen molar-refractivity contribution in [2.24, 2.45) is 0 Å². The molecular formula is C11H5Cl2N3O5. The van der Waals surface area contributed by atoms with Gasteiger partial charge in [0.2, 0.25) is 0 Å². The van der Waals surface area contributed by atoms with E-state index < -0.39 is 16.6 Å². The van der Waals surface area contributed by atoms with Gasteiger partial charge in [-0.1, -0.05) is 23.2 Å². The van der Waals surface area contributed by atoms with E-state index in [1.807, 2.05) is 0 Å². The van der Waals surface area contributed by atoms with E-state index in [0.29, 0.717) is 4.68 Å². The number of carbonyl (C=O) groups is 1. The number of halogens is 2. The zero-order chi connectivity index (χ0) is 15.6. The standard InChI is InChI=1S/C11H5Cl2N3O5/c12-8-5-14-15(10(17)9(8)13)11(18)21-7-3-1-6(2-4-7)16(19)20/h1-5H. The smallest absolute Gasteiger partial charge is 0.409 e. The van der Waals surface area contributed by atoms with Crippen molar-refractivity contribution in [3.05, 3.63) is 61.0 Å². The minimum atomic E-state index is -1.12. The Balaban J connectivity index is 2.24. The maximum absolute atomic E-state index is 11.8. The predicted octanol–water partition coefficient (Wildman–Crippen LogP) is 2.51. The summed E-state index contributed by atoms with van der Waals surface area (Å²) in [6.07, 6.45) is -0.102. The Kier molecular flexibility index (Phi) is 4.20. The Bertz CT molecular complexity index is 772. The Morgan fingerprint density at radius 1 is 1.29 bits per heavy atom. The van der Waals surface area contributed by atoms with Crippen molar-refractivity contribution >= 4 is 35.0 Å². The van der Waals surface area contributed by atoms with Crippen LogP contribution in [0.5, 0.6) is 5.75 Å². The van der Waals surface area contributed by atoms with Crippen LogP contribution >= 0.6 is 23.2 Å². The van der Waals surface area contributed by atoms with Gasteiger partial charge in [-0.15, -0.1) is 4.68 Å². The maximum Gasteiger partial charge on any atom is 0.443 e. The first-order valence-corrected chi connectivity index (χ1v) is 6.05. The van der Waals surface area contributed by atoms with Crippen LogP contribution in [0.25, 0.3) is 0 Å². The van der Waals surface area contributed by atoms with Crippen LogP contribution in [0.3, 0.4) is 0 Å². The summed E-state index contributed by atoms with van der Waals surface area (Å²) in [4.78, 5) is 33.3. The minimum absolute atomic E-state index is 0.00497. The van der Waals surface area contributed by atoms with Crippen LogP contribution in [0.1, 0.15) is 0 Å². The molecule has 0 aliphatic heterocycles. The van der Waals surface area contributed by atoms with Gasteiger partial charge in [-0.3, -0.25) is 14.9 Å². The lowest BCUT2D eigenvalue weighted by molar-refractivity contribution is -0.384. The van der Waals surface area contributed by atoms with Crippen molar-refractivity contribution in [1.82, 2.24) is 9.78 Å². The Hall–Kier alpha value is -2.45. The molecule has 2 rings (SSSR count). The first kappa shape index (κ1) is 14.9. The number of carbonyl (C=O) groups excluding carboxylic acids is 1. The van der Waals surface area contributed by atoms with Crippen LogP contribution in [0, 0.1) is 10.1 Å². The molecule has 0 atom stereocenters. The van der Waals surface area contributed by atoms with Gasteiger partial charge in [0.1, 0.15) is 10.8 Å². The second-order valence-corrected chi connectivity index (χ2v) is 4.43. The van der Waals surface area contributed by atoms with E-state index in [-0.39, 0.29) is 21.5 Å². The molecule has 1 heterocycles. The fourth-order valence-corrected chi connectivity index (χ4v) is 1.58. The van der Waals surface area contributed by atoms with Gasteiger partial charge >= 0.3 is 6.09 Å². The van der Waals surface area contributed by atoms with E-state index in [4.69, 9.17) is 27.9 Å². The summed E-state index contributed by atoms with van der Waals surface area (Å²) in [5.41, 5.74) is -1.10. The first-order valence-electron chi connectivity index (χ1n) is 5.30. The number of hydrogen-bond donors (Lipinski definition) is 0. The fourth-order valence-electron chi connectivity index (χ4n) is 1.32. The summed E-state index contributed by atoms with van der Waals surface area (Å²) in [6.45, 7) is 0. The summed E-state index contributed by atoms with van der Waals surface area (Å²) in [7, 11) is 0. The zero-order valence-corrected chi connectivity index (χ0v) is 11.5. The van der Waals surface area contributed by atoms with E-state index in [9.17, 15) is 19.7 Å². The van der Waals surface area contributed by atoms with E-state index in [1.165, 1.54) is 12.1 Å². The molecule has 0 amide bonds. The SMILES string of the molecule is O=C(Oc1ccc([N+](=O)[O-])cc1)n1ncc(Cl)c(Cl)c1=O. The molecule has 0 aliphatic rings. The molecule has 108 valence electrons. The molecular weight excluding hydrogens is 325 g/mol. The number of hydrogen-bond acceptors (Lipinski definition) is 6. The van der Waals surface area contributed by atoms with Crippen molar-refractivity contribution in [1.29, 1.82) is 0 Å². The number of nitrogens with zero attached hydrogens (tertiary/aromatic N) is 3. The van der Waals surface area contributed by atoms with Gasteiger partial charge in [0.05, 0.1) is 16.1 Å². The molecule has 21 heavy (non-hydrogen) atoms. The highest BCUT2D eigenvalue weighted by Gasteiger charge is 2.16. The van der Waals surface area contributed by atoms with E-state index in [1.54, 1.807) is 0 Å². The molecule has 10 heteroatoms. The summed E-state index contributed by atoms with van der Waals surface area (Å²) < 4.78 is 5.23. The molecule has 8 nitrogen and oxygen atoms in total. The third-order valence-electron chi connectivity index (χ3n) is 2.30. The summed E-state index contributed by atoms with van der Waals surface area (Å²) >= 11 is 11.2. The highest BCUT2D eigenvalue weighted by Crippen LogP contribution is 2.18. The number of nitro groups is 1. The number of aromatic nitrogens is 2. The summed E-state index contributed by atoms with van der Waals surface area (Å²) in [6, 6.07) is 4.71. The van der Waals surface area contributed by atoms with Crippen molar-refractivity contribution in [2.45, 2.75) is 0 Å². The van der Waals surface area contributed by atoms with Crippen LogP contribution < -0.4 is 10.3 Å². The average Bonchev–Trinajstić information content (AvgIpc) is 2.45. The molecule has 0 bridgehead atoms. The second kappa shape index (κ2) is 5.90. The molecule has 0 fully saturated rings. The Morgan fingerprint density at radius 3 is 2.48 bits per heavy atom. The average molecular weight is 330 g/mol. The van der Waals surface area contributed by atoms with Gasteiger partial charge in [-0.25, -0.2) is 4.79 Å². The molecule has 2 aromatic rings. The van der Waals surface area contributed by atoms with Gasteiger partial charge in [-0.2, -0.15) is 5.10 Å². The minimum Gasteiger partial charge on any atom is -0.409 e. The molecule has 0 saturated carbocycles. The van der Waals surface area contributed by atoms with Crippen LogP contribution in [0.4, 0.5) is 10.5 Å². The largest absolute Gasteiger partial charge is 0.443 e. The zero-order valence-electron chi connectivity index (χ0n) is 10.0. The molecule has 0 saturated heterocycles. The lowest BCUT2D eigenvalue weighted by Crippen LogP contribution is -2.32. The van der Waals surface area contributed by atoms with E-state index >= 15 is 0 Å². The fraction of sp³-hybridized carbons (Fsp3) is 0. The molecule has 0 spiro atoms. The number of nitro benzene ring substituents is 1. The number of rotatable bonds is 2. The van der Waals surface area contributed by atoms with Crippen LogP contribution in [0.2, 0.25) is 10.0 Å². The molecule has 1 aromatic carbocycles. The Labute approximate surface area is 126 Å². The van der Waals surface area contributed by atoms with Crippen molar-refractivity contribution < 1.29 is 14.5 Å². The summed E-state index contributed by atoms with van der Waals surface area (Å²) in [5, 5.41) is 13.5. The number of benzene rings is 1. The topological polar surface area (TPSA) is 104 Å². The molecule has 0 N–H and O–H groups in total. The third kappa shape index (κ3) is 3.18. The van der Waals surface area contributed by atoms with E-state index in [0.717, 1.165) is 18.3 Å². The third-order valence-corrected chi connectivity index (χ3v) is 3.05. The highest BCUT2D eigenvalue weighted by atomic mass is 35.5. The van der Waals surface area contributed by atoms with Crippen molar-refractivity contribution in [3.8, 4) is 5.75 Å². The molecule has 0 radical (unpaired) electrons. The van der Waals surface area contributed by atoms with Gasteiger partial charge in [0.15, 0.2) is 0 Å². The lowest BCUT2D eigenvalue weighted by atomic mass is 10.3. The van der Waals surface area contributed by atoms with Gasteiger partial charge < -0.3 is 4.74 Å². The lowest BCUT2D eigenvalue weighted by Gasteiger charge is -2.05. The van der Waals surface area contributed by atoms with Crippen LogP contribution in [-0.2, 0) is 0 Å². The first-order chi connectivity index (χ1) is 9.90. The molecule has 0 aliphatic carbocycles. The van der Waals surface area contributed by atoms with Crippen molar-refractivity contribution in [3.63, 3.8) is 0 Å². The van der Waals surface area contributed by atoms with E-state index in [2.05, 4.69) is 5.10 Å². The van der Waals surface area contributed by atoms with Crippen molar-refractivity contribution in [2.75, 3.05) is 0 Å². The van der Waals surface area contributed by atoms with Gasteiger partial charge in [-0.05, 0) is 12.1 Å². The van der Waals surface area contributed by atoms with Crippen LogP contribution in [0.15, 0.2) is 35.3 Å². The maximum atomic E-state index is 11.8. The normalized spacial score (nSPS) is 10.2. The molecule has 1 aromatic heterocycles. The predicted molar refractivity (Wildman–Crippen MR) is 73.0 cm³/mol. The van der Waals surface area contributed by atoms with Gasteiger partial charge in [0, 0.05) is 12.1 Å². The number of ether oxygens (including phenoxy) is 1. The monoisotopic (exact) mass is 329 g/mol. The van der Waals surface area contributed by atoms with Gasteiger partial charge in [0.25, 0.3) is 11.2 Å². The quantitative estimate of drug-likeness (QED) is 0.619. The Morgan fingerprint density at radius 2 is 1.90 bits per heavy atom. The van der Waals surface area contributed by atoms with Crippen LogP contribution in [-0.4, -0.2) is 20.8 Å². The molecule has 0 unspecified atom stereocenters. The second-order valence-electron chi connectivity index (χ2n) is 3.64. The number of non-ortho nitro benzene ring substituents is 1. The highest BCUT2D eigenvalue weighted by molar-refractivity contribution is 6.41.